The van der Waals surface area contributed by atoms with Crippen LogP contribution >= 0.6 is 0 Å². The molecule has 5 heteroatoms. The molecule has 0 spiro atoms. The molecule has 0 bridgehead atoms. The van der Waals surface area contributed by atoms with E-state index < -0.39 is 0 Å². The van der Waals surface area contributed by atoms with E-state index in [1.165, 1.54) is 0 Å². The highest BCUT2D eigenvalue weighted by Crippen LogP contribution is 2.40. The monoisotopic (exact) mass is 513 g/mol. The number of pyridine rings is 1. The first-order valence-electron chi connectivity index (χ1n) is 13.3. The third kappa shape index (κ3) is 3.52. The van der Waals surface area contributed by atoms with Crippen LogP contribution in [0.5, 0.6) is 0 Å². The molecular formula is C35H23N5. The first-order valence-corrected chi connectivity index (χ1v) is 13.3. The minimum atomic E-state index is 0.926. The second-order valence-corrected chi connectivity index (χ2v) is 9.83. The largest absolute Gasteiger partial charge is 0.256 e. The number of para-hydroxylation sites is 1. The summed E-state index contributed by atoms with van der Waals surface area (Å²) in [6.07, 6.45) is 6.08. The van der Waals surface area contributed by atoms with Gasteiger partial charge in [-0.3, -0.25) is 4.98 Å². The first-order chi connectivity index (χ1) is 19.8. The zero-order valence-corrected chi connectivity index (χ0v) is 21.5. The normalized spacial score (nSPS) is 11.5. The maximum absolute atomic E-state index is 5.08. The molecule has 0 aliphatic rings. The van der Waals surface area contributed by atoms with E-state index in [1.807, 2.05) is 64.2 Å². The fourth-order valence-electron chi connectivity index (χ4n) is 5.66. The Hall–Kier alpha value is -5.55. The molecule has 40 heavy (non-hydrogen) atoms. The standard InChI is InChI=1S/C35H23N5/c1-3-11-24(12-4-1)30-19-21-39(37-30)34-26-15-7-8-16-27(26)35(33-28-17-9-10-18-32(28)36-23-29(33)34)40-22-20-31(38-40)25-13-5-2-6-14-25/h1-23H. The fourth-order valence-corrected chi connectivity index (χ4v) is 5.66. The molecule has 5 aromatic carbocycles. The topological polar surface area (TPSA) is 48.5 Å². The van der Waals surface area contributed by atoms with Gasteiger partial charge in [0.2, 0.25) is 0 Å². The van der Waals surface area contributed by atoms with Gasteiger partial charge in [-0.25, -0.2) is 9.36 Å². The summed E-state index contributed by atoms with van der Waals surface area (Å²) in [7, 11) is 0. The van der Waals surface area contributed by atoms with Crippen molar-refractivity contribution in [2.45, 2.75) is 0 Å². The second-order valence-electron chi connectivity index (χ2n) is 9.83. The molecule has 3 heterocycles. The van der Waals surface area contributed by atoms with Crippen LogP contribution in [0.15, 0.2) is 140 Å². The van der Waals surface area contributed by atoms with Gasteiger partial charge in [0.15, 0.2) is 0 Å². The Labute approximate surface area is 230 Å². The molecule has 0 amide bonds. The van der Waals surface area contributed by atoms with Gasteiger partial charge in [0.25, 0.3) is 0 Å². The van der Waals surface area contributed by atoms with Gasteiger partial charge in [0, 0.05) is 56.6 Å². The highest BCUT2D eigenvalue weighted by atomic mass is 15.3. The van der Waals surface area contributed by atoms with E-state index in [0.29, 0.717) is 0 Å². The number of hydrogen-bond acceptors (Lipinski definition) is 3. The molecule has 0 saturated heterocycles. The van der Waals surface area contributed by atoms with Crippen LogP contribution in [0.25, 0.3) is 66.3 Å². The van der Waals surface area contributed by atoms with Gasteiger partial charge >= 0.3 is 0 Å². The maximum atomic E-state index is 5.08. The van der Waals surface area contributed by atoms with Crippen molar-refractivity contribution >= 4 is 32.4 Å². The quantitative estimate of drug-likeness (QED) is 0.176. The van der Waals surface area contributed by atoms with Crippen LogP contribution < -0.4 is 0 Å². The molecule has 5 nitrogen and oxygen atoms in total. The number of fused-ring (bicyclic) bond motifs is 4. The lowest BCUT2D eigenvalue weighted by atomic mass is 9.96. The Kier molecular flexibility index (Phi) is 5.07. The highest BCUT2D eigenvalue weighted by molar-refractivity contribution is 6.21. The third-order valence-electron chi connectivity index (χ3n) is 7.48. The third-order valence-corrected chi connectivity index (χ3v) is 7.48. The first kappa shape index (κ1) is 22.4. The number of hydrogen-bond donors (Lipinski definition) is 0. The van der Waals surface area contributed by atoms with Crippen molar-refractivity contribution in [1.82, 2.24) is 24.5 Å². The lowest BCUT2D eigenvalue weighted by Gasteiger charge is -2.18. The van der Waals surface area contributed by atoms with Gasteiger partial charge in [0.1, 0.15) is 0 Å². The van der Waals surface area contributed by atoms with Gasteiger partial charge in [-0.15, -0.1) is 0 Å². The van der Waals surface area contributed by atoms with E-state index in [2.05, 4.69) is 85.1 Å². The minimum Gasteiger partial charge on any atom is -0.256 e. The summed E-state index contributed by atoms with van der Waals surface area (Å²) in [6.45, 7) is 0. The lowest BCUT2D eigenvalue weighted by molar-refractivity contribution is 0.889. The van der Waals surface area contributed by atoms with Crippen molar-refractivity contribution in [3.05, 3.63) is 140 Å². The van der Waals surface area contributed by atoms with Crippen LogP contribution in [0.3, 0.4) is 0 Å². The summed E-state index contributed by atoms with van der Waals surface area (Å²) in [5.74, 6) is 0. The Bertz CT molecular complexity index is 2160. The summed E-state index contributed by atoms with van der Waals surface area (Å²) in [5, 5.41) is 15.5. The van der Waals surface area contributed by atoms with Gasteiger partial charge in [0.05, 0.1) is 28.3 Å². The molecular weight excluding hydrogens is 490 g/mol. The summed E-state index contributed by atoms with van der Waals surface area (Å²) in [6, 6.07) is 41.5. The second kappa shape index (κ2) is 9.03. The van der Waals surface area contributed by atoms with Crippen LogP contribution in [-0.2, 0) is 0 Å². The van der Waals surface area contributed by atoms with Gasteiger partial charge in [-0.1, -0.05) is 103 Å². The fraction of sp³-hybridized carbons (Fsp3) is 0. The summed E-state index contributed by atoms with van der Waals surface area (Å²) in [5.41, 5.74) is 7.01. The molecule has 0 aliphatic carbocycles. The average Bonchev–Trinajstić information content (AvgIpc) is 3.71. The Morgan fingerprint density at radius 1 is 0.425 bits per heavy atom. The summed E-state index contributed by atoms with van der Waals surface area (Å²) in [4.78, 5) is 4.88. The average molecular weight is 514 g/mol. The lowest BCUT2D eigenvalue weighted by Crippen LogP contribution is -2.04. The van der Waals surface area contributed by atoms with E-state index in [-0.39, 0.29) is 0 Å². The van der Waals surface area contributed by atoms with Crippen molar-refractivity contribution in [1.29, 1.82) is 0 Å². The van der Waals surface area contributed by atoms with E-state index >= 15 is 0 Å². The molecule has 8 rings (SSSR count). The smallest absolute Gasteiger partial charge is 0.0927 e. The summed E-state index contributed by atoms with van der Waals surface area (Å²) >= 11 is 0. The van der Waals surface area contributed by atoms with Crippen molar-refractivity contribution in [2.75, 3.05) is 0 Å². The number of nitrogens with zero attached hydrogens (tertiary/aromatic N) is 5. The van der Waals surface area contributed by atoms with E-state index in [1.54, 1.807) is 0 Å². The highest BCUT2D eigenvalue weighted by Gasteiger charge is 2.20. The molecule has 3 aromatic heterocycles. The molecule has 0 aliphatic heterocycles. The summed E-state index contributed by atoms with van der Waals surface area (Å²) < 4.78 is 4.01. The van der Waals surface area contributed by atoms with E-state index in [0.717, 1.165) is 66.3 Å². The molecule has 0 fully saturated rings. The van der Waals surface area contributed by atoms with Crippen molar-refractivity contribution in [2.24, 2.45) is 0 Å². The van der Waals surface area contributed by atoms with E-state index in [4.69, 9.17) is 15.2 Å². The molecule has 0 atom stereocenters. The van der Waals surface area contributed by atoms with Crippen LogP contribution in [0.2, 0.25) is 0 Å². The molecule has 8 aromatic rings. The number of aromatic nitrogens is 5. The van der Waals surface area contributed by atoms with Crippen molar-refractivity contribution in [3.8, 4) is 33.9 Å². The zero-order chi connectivity index (χ0) is 26.5. The zero-order valence-electron chi connectivity index (χ0n) is 21.5. The maximum Gasteiger partial charge on any atom is 0.0927 e. The van der Waals surface area contributed by atoms with Crippen molar-refractivity contribution < 1.29 is 0 Å². The van der Waals surface area contributed by atoms with Crippen LogP contribution in [0.1, 0.15) is 0 Å². The minimum absolute atomic E-state index is 0.926. The Morgan fingerprint density at radius 3 is 1.55 bits per heavy atom. The van der Waals surface area contributed by atoms with Crippen molar-refractivity contribution in [3.63, 3.8) is 0 Å². The molecule has 0 unspecified atom stereocenters. The molecule has 0 saturated carbocycles. The molecule has 0 N–H and O–H groups in total. The van der Waals surface area contributed by atoms with Gasteiger partial charge < -0.3 is 0 Å². The van der Waals surface area contributed by atoms with Gasteiger partial charge in [-0.2, -0.15) is 10.2 Å². The predicted octanol–water partition coefficient (Wildman–Crippen LogP) is 8.25. The van der Waals surface area contributed by atoms with Gasteiger partial charge in [-0.05, 0) is 18.2 Å². The van der Waals surface area contributed by atoms with E-state index in [9.17, 15) is 0 Å². The predicted molar refractivity (Wildman–Crippen MR) is 162 cm³/mol. The van der Waals surface area contributed by atoms with Crippen LogP contribution in [0.4, 0.5) is 0 Å². The van der Waals surface area contributed by atoms with Crippen LogP contribution in [0, 0.1) is 0 Å². The Balaban J connectivity index is 1.47. The van der Waals surface area contributed by atoms with Crippen LogP contribution in [-0.4, -0.2) is 24.5 Å². The number of rotatable bonds is 4. The Morgan fingerprint density at radius 2 is 0.925 bits per heavy atom. The molecule has 188 valence electrons. The SMILES string of the molecule is c1ccc(-c2ccn(-c3c4ccccc4c(-n4ccc(-c5ccccc5)n4)c4c3cnc3ccccc34)n2)cc1. The molecule has 0 radical (unpaired) electrons. The number of benzene rings is 5.